The van der Waals surface area contributed by atoms with Gasteiger partial charge in [0.05, 0.1) is 18.6 Å². The Labute approximate surface area is 156 Å². The molecule has 0 atom stereocenters. The van der Waals surface area contributed by atoms with Gasteiger partial charge in [-0.2, -0.15) is 0 Å². The normalized spacial score (nSPS) is 10.6. The van der Waals surface area contributed by atoms with E-state index >= 15 is 0 Å². The van der Waals surface area contributed by atoms with Gasteiger partial charge in [-0.25, -0.2) is 0 Å². The minimum Gasteiger partial charge on any atom is -0.495 e. The van der Waals surface area contributed by atoms with Gasteiger partial charge >= 0.3 is 0 Å². The molecule has 7 heteroatoms. The maximum atomic E-state index is 12.2. The fourth-order valence-electron chi connectivity index (χ4n) is 2.46. The summed E-state index contributed by atoms with van der Waals surface area (Å²) in [7, 11) is 3.47. The molecule has 1 N–H and O–H groups in total. The van der Waals surface area contributed by atoms with Crippen molar-refractivity contribution in [2.75, 3.05) is 18.2 Å². The predicted molar refractivity (Wildman–Crippen MR) is 104 cm³/mol. The highest BCUT2D eigenvalue weighted by Crippen LogP contribution is 2.25. The molecule has 0 aliphatic heterocycles. The molecule has 0 saturated carbocycles. The zero-order valence-corrected chi connectivity index (χ0v) is 15.7. The highest BCUT2D eigenvalue weighted by atomic mass is 32.2. The quantitative estimate of drug-likeness (QED) is 0.674. The molecule has 0 spiro atoms. The predicted octanol–water partition coefficient (Wildman–Crippen LogP) is 3.53. The number of carbonyl (C=O) groups excluding carboxylic acids is 1. The van der Waals surface area contributed by atoms with Gasteiger partial charge in [0.25, 0.3) is 0 Å². The lowest BCUT2D eigenvalue weighted by Crippen LogP contribution is -2.15. The van der Waals surface area contributed by atoms with Crippen molar-refractivity contribution in [1.29, 1.82) is 0 Å². The molecule has 134 valence electrons. The summed E-state index contributed by atoms with van der Waals surface area (Å²) >= 11 is 1.34. The van der Waals surface area contributed by atoms with E-state index in [0.29, 0.717) is 16.6 Å². The Hall–Kier alpha value is -2.80. The van der Waals surface area contributed by atoms with E-state index in [2.05, 4.69) is 15.5 Å². The van der Waals surface area contributed by atoms with Crippen LogP contribution in [0.5, 0.6) is 5.75 Å². The summed E-state index contributed by atoms with van der Waals surface area (Å²) < 4.78 is 7.14. The van der Waals surface area contributed by atoms with Crippen LogP contribution in [0.25, 0.3) is 11.4 Å². The summed E-state index contributed by atoms with van der Waals surface area (Å²) in [5.41, 5.74) is 2.84. The SMILES string of the molecule is COc1ccccc1NC(=O)CSc1nnc(-c2ccc(C)cc2)n1C. The van der Waals surface area contributed by atoms with Crippen LogP contribution in [0.1, 0.15) is 5.56 Å². The van der Waals surface area contributed by atoms with Crippen molar-refractivity contribution >= 4 is 23.4 Å². The molecule has 3 aromatic rings. The van der Waals surface area contributed by atoms with Crippen LogP contribution in [0.2, 0.25) is 0 Å². The second-order valence-corrected chi connectivity index (χ2v) is 6.71. The first-order chi connectivity index (χ1) is 12.6. The zero-order valence-electron chi connectivity index (χ0n) is 14.9. The maximum Gasteiger partial charge on any atom is 0.234 e. The van der Waals surface area contributed by atoms with Gasteiger partial charge in [0.1, 0.15) is 5.75 Å². The summed E-state index contributed by atoms with van der Waals surface area (Å²) in [6, 6.07) is 15.4. The summed E-state index contributed by atoms with van der Waals surface area (Å²) in [4.78, 5) is 12.2. The van der Waals surface area contributed by atoms with E-state index in [1.165, 1.54) is 17.3 Å². The van der Waals surface area contributed by atoms with Crippen molar-refractivity contribution in [3.63, 3.8) is 0 Å². The van der Waals surface area contributed by atoms with Gasteiger partial charge in [-0.3, -0.25) is 4.79 Å². The number of anilines is 1. The minimum absolute atomic E-state index is 0.126. The van der Waals surface area contributed by atoms with Crippen molar-refractivity contribution in [3.05, 3.63) is 54.1 Å². The van der Waals surface area contributed by atoms with E-state index < -0.39 is 0 Å². The number of rotatable bonds is 6. The van der Waals surface area contributed by atoms with Crippen LogP contribution in [0.3, 0.4) is 0 Å². The Morgan fingerprint density at radius 3 is 2.62 bits per heavy atom. The number of carbonyl (C=O) groups is 1. The number of aryl methyl sites for hydroxylation is 1. The average Bonchev–Trinajstić information content (AvgIpc) is 3.02. The molecule has 6 nitrogen and oxygen atoms in total. The van der Waals surface area contributed by atoms with Gasteiger partial charge in [0.15, 0.2) is 11.0 Å². The van der Waals surface area contributed by atoms with Crippen LogP contribution < -0.4 is 10.1 Å². The number of benzene rings is 2. The van der Waals surface area contributed by atoms with Gasteiger partial charge in [-0.15, -0.1) is 10.2 Å². The van der Waals surface area contributed by atoms with Gasteiger partial charge in [0.2, 0.25) is 5.91 Å². The van der Waals surface area contributed by atoms with E-state index in [1.807, 2.05) is 54.9 Å². The van der Waals surface area contributed by atoms with E-state index in [1.54, 1.807) is 19.2 Å². The first-order valence-electron chi connectivity index (χ1n) is 8.10. The summed E-state index contributed by atoms with van der Waals surface area (Å²) in [6.45, 7) is 2.04. The molecular formula is C19H20N4O2S. The van der Waals surface area contributed by atoms with Gasteiger partial charge in [0, 0.05) is 12.6 Å². The number of nitrogens with one attached hydrogen (secondary N) is 1. The average molecular weight is 368 g/mol. The zero-order chi connectivity index (χ0) is 18.5. The molecule has 0 aliphatic carbocycles. The van der Waals surface area contributed by atoms with E-state index in [-0.39, 0.29) is 11.7 Å². The summed E-state index contributed by atoms with van der Waals surface area (Å²) in [5, 5.41) is 12.0. The third-order valence-corrected chi connectivity index (χ3v) is 4.88. The third kappa shape index (κ3) is 4.05. The molecule has 2 aromatic carbocycles. The van der Waals surface area contributed by atoms with Crippen LogP contribution in [0.4, 0.5) is 5.69 Å². The van der Waals surface area contributed by atoms with Crippen LogP contribution >= 0.6 is 11.8 Å². The monoisotopic (exact) mass is 368 g/mol. The number of hydrogen-bond donors (Lipinski definition) is 1. The van der Waals surface area contributed by atoms with Crippen LogP contribution in [0, 0.1) is 6.92 Å². The van der Waals surface area contributed by atoms with Gasteiger partial charge < -0.3 is 14.6 Å². The second kappa shape index (κ2) is 8.05. The van der Waals surface area contributed by atoms with Gasteiger partial charge in [-0.1, -0.05) is 53.7 Å². The lowest BCUT2D eigenvalue weighted by Gasteiger charge is -2.09. The van der Waals surface area contributed by atoms with Crippen molar-refractivity contribution in [2.24, 2.45) is 7.05 Å². The highest BCUT2D eigenvalue weighted by Gasteiger charge is 2.13. The molecule has 1 heterocycles. The van der Waals surface area contributed by atoms with E-state index in [0.717, 1.165) is 11.4 Å². The summed E-state index contributed by atoms with van der Waals surface area (Å²) in [5.74, 6) is 1.51. The lowest BCUT2D eigenvalue weighted by atomic mass is 10.1. The number of thioether (sulfide) groups is 1. The first kappa shape index (κ1) is 18.0. The molecule has 0 unspecified atom stereocenters. The molecule has 26 heavy (non-hydrogen) atoms. The number of nitrogens with zero attached hydrogens (tertiary/aromatic N) is 3. The molecule has 3 rings (SSSR count). The maximum absolute atomic E-state index is 12.2. The van der Waals surface area contributed by atoms with Crippen molar-refractivity contribution in [3.8, 4) is 17.1 Å². The van der Waals surface area contributed by atoms with Crippen LogP contribution in [0.15, 0.2) is 53.7 Å². The van der Waals surface area contributed by atoms with Crippen LogP contribution in [-0.2, 0) is 11.8 Å². The molecule has 1 aromatic heterocycles. The third-order valence-electron chi connectivity index (χ3n) is 3.86. The number of para-hydroxylation sites is 2. The largest absolute Gasteiger partial charge is 0.495 e. The smallest absolute Gasteiger partial charge is 0.234 e. The Morgan fingerprint density at radius 1 is 1.15 bits per heavy atom. The first-order valence-corrected chi connectivity index (χ1v) is 9.09. The van der Waals surface area contributed by atoms with Crippen molar-refractivity contribution < 1.29 is 9.53 Å². The Balaban J connectivity index is 1.65. The molecule has 0 fully saturated rings. The van der Waals surface area contributed by atoms with Crippen LogP contribution in [-0.4, -0.2) is 33.5 Å². The summed E-state index contributed by atoms with van der Waals surface area (Å²) in [6.07, 6.45) is 0. The minimum atomic E-state index is -0.126. The highest BCUT2D eigenvalue weighted by molar-refractivity contribution is 7.99. The lowest BCUT2D eigenvalue weighted by molar-refractivity contribution is -0.113. The number of hydrogen-bond acceptors (Lipinski definition) is 5. The number of aromatic nitrogens is 3. The Bertz CT molecular complexity index is 906. The van der Waals surface area contributed by atoms with Gasteiger partial charge in [-0.05, 0) is 19.1 Å². The molecule has 0 radical (unpaired) electrons. The molecule has 0 saturated heterocycles. The number of amides is 1. The van der Waals surface area contributed by atoms with Crippen molar-refractivity contribution in [2.45, 2.75) is 12.1 Å². The second-order valence-electron chi connectivity index (χ2n) is 5.77. The molecule has 0 bridgehead atoms. The van der Waals surface area contributed by atoms with E-state index in [9.17, 15) is 4.79 Å². The Morgan fingerprint density at radius 2 is 1.88 bits per heavy atom. The molecule has 1 amide bonds. The standard InChI is InChI=1S/C19H20N4O2S/c1-13-8-10-14(11-9-13)18-21-22-19(23(18)2)26-12-17(24)20-15-6-4-5-7-16(15)25-3/h4-11H,12H2,1-3H3,(H,20,24). The fourth-order valence-corrected chi connectivity index (χ4v) is 3.17. The number of ether oxygens (including phenoxy) is 1. The number of methoxy groups -OCH3 is 1. The fraction of sp³-hybridized carbons (Fsp3) is 0.211. The topological polar surface area (TPSA) is 69.0 Å². The molecule has 0 aliphatic rings. The van der Waals surface area contributed by atoms with E-state index in [4.69, 9.17) is 4.74 Å². The molecular weight excluding hydrogens is 348 g/mol. The van der Waals surface area contributed by atoms with Crippen molar-refractivity contribution in [1.82, 2.24) is 14.8 Å². The Kier molecular flexibility index (Phi) is 5.58.